The molecule has 5 heteroatoms. The second-order valence-electron chi connectivity index (χ2n) is 3.93. The van der Waals surface area contributed by atoms with E-state index in [1.54, 1.807) is 6.07 Å². The number of nitrogens with zero attached hydrogens (tertiary/aromatic N) is 1. The highest BCUT2D eigenvalue weighted by Crippen LogP contribution is 2.22. The summed E-state index contributed by atoms with van der Waals surface area (Å²) in [6.07, 6.45) is 2.09. The Bertz CT molecular complexity index is 444. The number of halogens is 2. The Balaban J connectivity index is 2.34. The fourth-order valence-electron chi connectivity index (χ4n) is 1.41. The van der Waals surface area contributed by atoms with Gasteiger partial charge in [0.2, 0.25) is 0 Å². The van der Waals surface area contributed by atoms with Crippen LogP contribution in [0, 0.1) is 16.3 Å². The maximum Gasteiger partial charge on any atom is 0.175 e. The van der Waals surface area contributed by atoms with E-state index in [4.69, 9.17) is 5.21 Å². The Morgan fingerprint density at radius 3 is 2.81 bits per heavy atom. The molecule has 1 aliphatic carbocycles. The van der Waals surface area contributed by atoms with E-state index in [2.05, 4.69) is 10.5 Å². The first kappa shape index (κ1) is 11.6. The fraction of sp³-hybridized carbons (Fsp3) is 0.364. The average Bonchev–Trinajstić information content (AvgIpc) is 3.07. The summed E-state index contributed by atoms with van der Waals surface area (Å²) < 4.78 is 14.5. The van der Waals surface area contributed by atoms with Crippen molar-refractivity contribution in [3.8, 4) is 0 Å². The van der Waals surface area contributed by atoms with E-state index in [1.165, 1.54) is 0 Å². The van der Waals surface area contributed by atoms with Crippen LogP contribution in [0.15, 0.2) is 17.3 Å². The Morgan fingerprint density at radius 2 is 2.25 bits per heavy atom. The number of amidine groups is 1. The fourth-order valence-corrected chi connectivity index (χ4v) is 1.88. The first-order chi connectivity index (χ1) is 7.63. The summed E-state index contributed by atoms with van der Waals surface area (Å²) in [6, 6.07) is 3.78. The van der Waals surface area contributed by atoms with Gasteiger partial charge in [0.15, 0.2) is 5.84 Å². The van der Waals surface area contributed by atoms with Crippen molar-refractivity contribution in [2.24, 2.45) is 5.16 Å². The first-order valence-corrected chi connectivity index (χ1v) is 6.15. The summed E-state index contributed by atoms with van der Waals surface area (Å²) in [5, 5.41) is 15.0. The third-order valence-corrected chi connectivity index (χ3v) is 3.87. The third kappa shape index (κ3) is 2.28. The highest BCUT2D eigenvalue weighted by atomic mass is 127. The van der Waals surface area contributed by atoms with Crippen LogP contribution in [0.3, 0.4) is 0 Å². The zero-order valence-electron chi connectivity index (χ0n) is 8.80. The number of rotatable bonds is 2. The van der Waals surface area contributed by atoms with Gasteiger partial charge in [-0.3, -0.25) is 0 Å². The molecule has 0 saturated heterocycles. The summed E-state index contributed by atoms with van der Waals surface area (Å²) in [7, 11) is 0. The van der Waals surface area contributed by atoms with Gasteiger partial charge >= 0.3 is 0 Å². The van der Waals surface area contributed by atoms with Crippen molar-refractivity contribution < 1.29 is 9.60 Å². The number of benzene rings is 1. The van der Waals surface area contributed by atoms with Crippen molar-refractivity contribution >= 4 is 28.4 Å². The van der Waals surface area contributed by atoms with Gasteiger partial charge in [-0.25, -0.2) is 4.39 Å². The molecule has 0 radical (unpaired) electrons. The summed E-state index contributed by atoms with van der Waals surface area (Å²) in [6.45, 7) is 1.85. The lowest BCUT2D eigenvalue weighted by Gasteiger charge is -2.10. The van der Waals surface area contributed by atoms with Gasteiger partial charge in [-0.1, -0.05) is 11.2 Å². The van der Waals surface area contributed by atoms with E-state index in [1.807, 2.05) is 35.6 Å². The van der Waals surface area contributed by atoms with Gasteiger partial charge in [-0.05, 0) is 54.0 Å². The lowest BCUT2D eigenvalue weighted by Crippen LogP contribution is -2.27. The predicted molar refractivity (Wildman–Crippen MR) is 68.3 cm³/mol. The van der Waals surface area contributed by atoms with Crippen molar-refractivity contribution in [3.63, 3.8) is 0 Å². The zero-order chi connectivity index (χ0) is 11.7. The van der Waals surface area contributed by atoms with Gasteiger partial charge in [0.1, 0.15) is 5.82 Å². The van der Waals surface area contributed by atoms with Crippen LogP contribution in [0.1, 0.15) is 24.0 Å². The molecule has 0 spiro atoms. The number of oxime groups is 1. The maximum absolute atomic E-state index is 13.9. The third-order valence-electron chi connectivity index (χ3n) is 2.55. The Labute approximate surface area is 107 Å². The van der Waals surface area contributed by atoms with E-state index in [0.29, 0.717) is 15.2 Å². The lowest BCUT2D eigenvalue weighted by molar-refractivity contribution is 0.316. The van der Waals surface area contributed by atoms with Gasteiger partial charge in [0.25, 0.3) is 0 Å². The molecule has 0 aliphatic heterocycles. The highest BCUT2D eigenvalue weighted by molar-refractivity contribution is 14.1. The molecular formula is C11H12FIN2O. The monoisotopic (exact) mass is 334 g/mol. The number of hydrogen-bond acceptors (Lipinski definition) is 2. The minimum atomic E-state index is -0.332. The van der Waals surface area contributed by atoms with E-state index >= 15 is 0 Å². The van der Waals surface area contributed by atoms with Crippen molar-refractivity contribution in [3.05, 3.63) is 32.6 Å². The smallest absolute Gasteiger partial charge is 0.175 e. The first-order valence-electron chi connectivity index (χ1n) is 5.07. The van der Waals surface area contributed by atoms with Gasteiger partial charge in [0, 0.05) is 6.04 Å². The van der Waals surface area contributed by atoms with Crippen LogP contribution in [0.4, 0.5) is 4.39 Å². The molecule has 0 heterocycles. The van der Waals surface area contributed by atoms with E-state index in [9.17, 15) is 4.39 Å². The molecule has 86 valence electrons. The Morgan fingerprint density at radius 1 is 1.56 bits per heavy atom. The molecule has 2 rings (SSSR count). The van der Waals surface area contributed by atoms with Crippen molar-refractivity contribution in [1.82, 2.24) is 5.32 Å². The summed E-state index contributed by atoms with van der Waals surface area (Å²) >= 11 is 1.95. The van der Waals surface area contributed by atoms with Crippen LogP contribution >= 0.6 is 22.6 Å². The molecule has 1 aliphatic rings. The van der Waals surface area contributed by atoms with Crippen LogP contribution in [0.2, 0.25) is 0 Å². The van der Waals surface area contributed by atoms with Crippen molar-refractivity contribution in [1.29, 1.82) is 0 Å². The minimum Gasteiger partial charge on any atom is -0.409 e. The quantitative estimate of drug-likeness (QED) is 0.287. The second kappa shape index (κ2) is 4.57. The summed E-state index contributed by atoms with van der Waals surface area (Å²) in [5.41, 5.74) is 1.20. The Kier molecular flexibility index (Phi) is 3.32. The van der Waals surface area contributed by atoms with Crippen molar-refractivity contribution in [2.75, 3.05) is 0 Å². The van der Waals surface area contributed by atoms with Crippen molar-refractivity contribution in [2.45, 2.75) is 25.8 Å². The molecule has 0 unspecified atom stereocenters. The predicted octanol–water partition coefficient (Wildman–Crippen LogP) is 2.63. The molecular weight excluding hydrogens is 322 g/mol. The molecule has 2 N–H and O–H groups in total. The maximum atomic E-state index is 13.9. The molecule has 0 bridgehead atoms. The molecule has 1 aromatic carbocycles. The van der Waals surface area contributed by atoms with E-state index in [0.717, 1.165) is 18.4 Å². The summed E-state index contributed by atoms with van der Waals surface area (Å²) in [4.78, 5) is 0. The van der Waals surface area contributed by atoms with Gasteiger partial charge < -0.3 is 10.5 Å². The minimum absolute atomic E-state index is 0.220. The lowest BCUT2D eigenvalue weighted by atomic mass is 10.1. The molecule has 3 nitrogen and oxygen atoms in total. The SMILES string of the molecule is Cc1ccc(/C(=N\O)NC2CC2)c(F)c1I. The topological polar surface area (TPSA) is 44.6 Å². The second-order valence-corrected chi connectivity index (χ2v) is 5.00. The Hall–Kier alpha value is -0.850. The number of aryl methyl sites for hydroxylation is 1. The van der Waals surface area contributed by atoms with E-state index < -0.39 is 0 Å². The number of hydrogen-bond donors (Lipinski definition) is 2. The van der Waals surface area contributed by atoms with Crippen LogP contribution in [0.25, 0.3) is 0 Å². The van der Waals surface area contributed by atoms with Crippen LogP contribution in [0.5, 0.6) is 0 Å². The number of nitrogens with one attached hydrogen (secondary N) is 1. The van der Waals surface area contributed by atoms with Crippen LogP contribution < -0.4 is 5.32 Å². The molecule has 16 heavy (non-hydrogen) atoms. The van der Waals surface area contributed by atoms with E-state index in [-0.39, 0.29) is 11.7 Å². The molecule has 1 fully saturated rings. The van der Waals surface area contributed by atoms with Gasteiger partial charge in [-0.15, -0.1) is 0 Å². The highest BCUT2D eigenvalue weighted by Gasteiger charge is 2.25. The van der Waals surface area contributed by atoms with Crippen LogP contribution in [-0.2, 0) is 0 Å². The van der Waals surface area contributed by atoms with Crippen LogP contribution in [-0.4, -0.2) is 17.1 Å². The molecule has 1 aromatic rings. The van der Waals surface area contributed by atoms with Gasteiger partial charge in [0.05, 0.1) is 9.13 Å². The zero-order valence-corrected chi connectivity index (χ0v) is 11.0. The summed E-state index contributed by atoms with van der Waals surface area (Å²) in [5.74, 6) is -0.112. The molecule has 0 aromatic heterocycles. The average molecular weight is 334 g/mol. The molecule has 1 saturated carbocycles. The normalized spacial score (nSPS) is 16.3. The van der Waals surface area contributed by atoms with Gasteiger partial charge in [-0.2, -0.15) is 0 Å². The largest absolute Gasteiger partial charge is 0.409 e. The molecule has 0 amide bonds. The molecule has 0 atom stereocenters. The standard InChI is InChI=1S/C11H12FIN2O/c1-6-2-5-8(9(12)10(6)13)11(15-16)14-7-3-4-7/h2,5,7,16H,3-4H2,1H3,(H,14,15).